The normalized spacial score (nSPS) is 10.2. The summed E-state index contributed by atoms with van der Waals surface area (Å²) in [6.07, 6.45) is 0. The van der Waals surface area contributed by atoms with Gasteiger partial charge < -0.3 is 10.5 Å². The molecule has 0 saturated heterocycles. The Morgan fingerprint density at radius 3 is 2.15 bits per heavy atom. The number of hydrogen-bond donors (Lipinski definition) is 1. The molecule has 2 nitrogen and oxygen atoms in total. The van der Waals surface area contributed by atoms with Gasteiger partial charge >= 0.3 is 0 Å². The second kappa shape index (κ2) is 4.13. The average Bonchev–Trinajstić information content (AvgIpc) is 2.02. The van der Waals surface area contributed by atoms with E-state index in [1.54, 1.807) is 0 Å². The fourth-order valence-corrected chi connectivity index (χ4v) is 0.828. The van der Waals surface area contributed by atoms with Crippen molar-refractivity contribution >= 4 is 0 Å². The van der Waals surface area contributed by atoms with E-state index in [9.17, 15) is 13.2 Å². The maximum absolute atomic E-state index is 12.8. The van der Waals surface area contributed by atoms with Gasteiger partial charge in [-0.25, -0.2) is 13.2 Å². The van der Waals surface area contributed by atoms with E-state index < -0.39 is 23.2 Å². The summed E-state index contributed by atoms with van der Waals surface area (Å²) in [7, 11) is 0. The van der Waals surface area contributed by atoms with Crippen molar-refractivity contribution in [3.8, 4) is 5.75 Å². The molecule has 1 rings (SSSR count). The fourth-order valence-electron chi connectivity index (χ4n) is 0.828. The van der Waals surface area contributed by atoms with Crippen molar-refractivity contribution in [2.24, 2.45) is 5.73 Å². The molecule has 2 N–H and O–H groups in total. The number of benzene rings is 1. The average molecular weight is 191 g/mol. The minimum absolute atomic E-state index is 0.0144. The monoisotopic (exact) mass is 191 g/mol. The van der Waals surface area contributed by atoms with Gasteiger partial charge in [-0.3, -0.25) is 0 Å². The van der Waals surface area contributed by atoms with Crippen LogP contribution in [0.15, 0.2) is 12.1 Å². The molecule has 0 aliphatic rings. The Labute approximate surface area is 73.1 Å². The molecule has 0 amide bonds. The first-order valence-electron chi connectivity index (χ1n) is 3.62. The smallest absolute Gasteiger partial charge is 0.190 e. The zero-order valence-electron chi connectivity index (χ0n) is 6.69. The first kappa shape index (κ1) is 9.85. The zero-order chi connectivity index (χ0) is 9.84. The van der Waals surface area contributed by atoms with Gasteiger partial charge in [-0.1, -0.05) is 0 Å². The molecule has 0 spiro atoms. The largest absolute Gasteiger partial charge is 0.486 e. The van der Waals surface area contributed by atoms with E-state index >= 15 is 0 Å². The van der Waals surface area contributed by atoms with Gasteiger partial charge in [0.05, 0.1) is 0 Å². The molecule has 72 valence electrons. The van der Waals surface area contributed by atoms with Crippen LogP contribution in [0.5, 0.6) is 5.75 Å². The topological polar surface area (TPSA) is 35.2 Å². The number of nitrogens with two attached hydrogens (primary N) is 1. The molecule has 0 heterocycles. The minimum Gasteiger partial charge on any atom is -0.486 e. The Morgan fingerprint density at radius 1 is 1.15 bits per heavy atom. The van der Waals surface area contributed by atoms with Crippen molar-refractivity contribution in [2.45, 2.75) is 0 Å². The number of hydrogen-bond acceptors (Lipinski definition) is 2. The van der Waals surface area contributed by atoms with Crippen LogP contribution in [0.4, 0.5) is 13.2 Å². The molecular formula is C8H8F3NO. The van der Waals surface area contributed by atoms with Crippen molar-refractivity contribution in [1.82, 2.24) is 0 Å². The lowest BCUT2D eigenvalue weighted by atomic mass is 10.3. The maximum atomic E-state index is 12.8. The molecule has 5 heteroatoms. The third-order valence-corrected chi connectivity index (χ3v) is 1.33. The van der Waals surface area contributed by atoms with Gasteiger partial charge in [0.2, 0.25) is 0 Å². The van der Waals surface area contributed by atoms with Crippen LogP contribution in [0, 0.1) is 17.5 Å². The highest BCUT2D eigenvalue weighted by atomic mass is 19.1. The third-order valence-electron chi connectivity index (χ3n) is 1.33. The zero-order valence-corrected chi connectivity index (χ0v) is 6.69. The van der Waals surface area contributed by atoms with Crippen molar-refractivity contribution < 1.29 is 17.9 Å². The lowest BCUT2D eigenvalue weighted by Crippen LogP contribution is -2.12. The molecule has 0 fully saturated rings. The summed E-state index contributed by atoms with van der Waals surface area (Å²) >= 11 is 0. The Kier molecular flexibility index (Phi) is 3.13. The van der Waals surface area contributed by atoms with E-state index in [2.05, 4.69) is 4.74 Å². The summed E-state index contributed by atoms with van der Waals surface area (Å²) in [5, 5.41) is 0. The second-order valence-electron chi connectivity index (χ2n) is 2.34. The number of halogens is 3. The SMILES string of the molecule is NCCOc1c(F)cc(F)cc1F. The maximum Gasteiger partial charge on any atom is 0.190 e. The molecule has 0 bridgehead atoms. The summed E-state index contributed by atoms with van der Waals surface area (Å²) in [6, 6.07) is 1.10. The van der Waals surface area contributed by atoms with E-state index in [0.29, 0.717) is 12.1 Å². The van der Waals surface area contributed by atoms with Crippen LogP contribution >= 0.6 is 0 Å². The molecule has 0 aliphatic carbocycles. The van der Waals surface area contributed by atoms with E-state index in [4.69, 9.17) is 5.73 Å². The molecule has 0 aliphatic heterocycles. The van der Waals surface area contributed by atoms with Crippen molar-refractivity contribution in [2.75, 3.05) is 13.2 Å². The van der Waals surface area contributed by atoms with Gasteiger partial charge in [0.15, 0.2) is 17.4 Å². The van der Waals surface area contributed by atoms with Crippen LogP contribution < -0.4 is 10.5 Å². The minimum atomic E-state index is -1.06. The third kappa shape index (κ3) is 2.35. The van der Waals surface area contributed by atoms with E-state index in [0.717, 1.165) is 0 Å². The standard InChI is InChI=1S/C8H8F3NO/c9-5-3-6(10)8(7(11)4-5)13-2-1-12/h3-4H,1-2,12H2. The predicted octanol–water partition coefficient (Wildman–Crippen LogP) is 1.44. The van der Waals surface area contributed by atoms with E-state index in [1.165, 1.54) is 0 Å². The molecule has 13 heavy (non-hydrogen) atoms. The highest BCUT2D eigenvalue weighted by Gasteiger charge is 2.11. The van der Waals surface area contributed by atoms with Crippen molar-refractivity contribution in [3.05, 3.63) is 29.6 Å². The molecule has 0 unspecified atom stereocenters. The quantitative estimate of drug-likeness (QED) is 0.784. The molecule has 1 aromatic carbocycles. The summed E-state index contributed by atoms with van der Waals surface area (Å²) < 4.78 is 42.6. The van der Waals surface area contributed by atoms with Crippen molar-refractivity contribution in [1.29, 1.82) is 0 Å². The molecule has 0 atom stereocenters. The molecule has 1 aromatic rings. The number of rotatable bonds is 3. The van der Waals surface area contributed by atoms with Crippen LogP contribution in [-0.2, 0) is 0 Å². The second-order valence-corrected chi connectivity index (χ2v) is 2.34. The predicted molar refractivity (Wildman–Crippen MR) is 40.9 cm³/mol. The summed E-state index contributed by atoms with van der Waals surface area (Å²) in [5.41, 5.74) is 5.06. The Bertz CT molecular complexity index is 280. The van der Waals surface area contributed by atoms with Crippen molar-refractivity contribution in [3.63, 3.8) is 0 Å². The first-order valence-corrected chi connectivity index (χ1v) is 3.62. The van der Waals surface area contributed by atoms with Gasteiger partial charge in [-0.05, 0) is 0 Å². The fraction of sp³-hybridized carbons (Fsp3) is 0.250. The molecule has 0 radical (unpaired) electrons. The van der Waals surface area contributed by atoms with Gasteiger partial charge in [-0.2, -0.15) is 0 Å². The van der Waals surface area contributed by atoms with Gasteiger partial charge in [0.1, 0.15) is 12.4 Å². The highest BCUT2D eigenvalue weighted by molar-refractivity contribution is 5.26. The van der Waals surface area contributed by atoms with E-state index in [1.807, 2.05) is 0 Å². The van der Waals surface area contributed by atoms with Crippen LogP contribution in [-0.4, -0.2) is 13.2 Å². The molecular weight excluding hydrogens is 183 g/mol. The van der Waals surface area contributed by atoms with Crippen LogP contribution in [0.3, 0.4) is 0 Å². The van der Waals surface area contributed by atoms with Crippen LogP contribution in [0.2, 0.25) is 0 Å². The Balaban J connectivity index is 2.92. The Hall–Kier alpha value is -1.23. The van der Waals surface area contributed by atoms with E-state index in [-0.39, 0.29) is 13.2 Å². The molecule has 0 aromatic heterocycles. The van der Waals surface area contributed by atoms with Gasteiger partial charge in [0.25, 0.3) is 0 Å². The highest BCUT2D eigenvalue weighted by Crippen LogP contribution is 2.22. The lowest BCUT2D eigenvalue weighted by Gasteiger charge is -2.06. The Morgan fingerprint density at radius 2 is 1.69 bits per heavy atom. The lowest BCUT2D eigenvalue weighted by molar-refractivity contribution is 0.292. The summed E-state index contributed by atoms with van der Waals surface area (Å²) in [5.74, 6) is -3.70. The van der Waals surface area contributed by atoms with Crippen LogP contribution in [0.25, 0.3) is 0 Å². The summed E-state index contributed by atoms with van der Waals surface area (Å²) in [4.78, 5) is 0. The number of ether oxygens (including phenoxy) is 1. The van der Waals surface area contributed by atoms with Gasteiger partial charge in [0, 0.05) is 18.7 Å². The van der Waals surface area contributed by atoms with Crippen LogP contribution in [0.1, 0.15) is 0 Å². The molecule has 0 saturated carbocycles. The summed E-state index contributed by atoms with van der Waals surface area (Å²) in [6.45, 7) is 0.121. The first-order chi connectivity index (χ1) is 6.15. The van der Waals surface area contributed by atoms with Gasteiger partial charge in [-0.15, -0.1) is 0 Å².